The summed E-state index contributed by atoms with van der Waals surface area (Å²) in [4.78, 5) is 11.3. The third kappa shape index (κ3) is 3.03. The number of piperazine rings is 1. The van der Waals surface area contributed by atoms with Crippen molar-refractivity contribution in [3.8, 4) is 0 Å². The highest BCUT2D eigenvalue weighted by Gasteiger charge is 2.31. The summed E-state index contributed by atoms with van der Waals surface area (Å²) in [7, 11) is -3.53. The van der Waals surface area contributed by atoms with Gasteiger partial charge in [-0.25, -0.2) is 18.4 Å². The molecule has 5 rings (SSSR count). The lowest BCUT2D eigenvalue weighted by Crippen LogP contribution is -2.49. The fourth-order valence-corrected chi connectivity index (χ4v) is 5.73. The van der Waals surface area contributed by atoms with Crippen molar-refractivity contribution >= 4 is 37.9 Å². The molecular weight excluding hydrogens is 400 g/mol. The van der Waals surface area contributed by atoms with Gasteiger partial charge in [-0.2, -0.15) is 4.31 Å². The lowest BCUT2D eigenvalue weighted by molar-refractivity contribution is 0.383. The van der Waals surface area contributed by atoms with Crippen molar-refractivity contribution < 1.29 is 12.8 Å². The molecule has 2 aromatic heterocycles. The Balaban J connectivity index is 1.42. The first-order valence-electron chi connectivity index (χ1n) is 9.90. The van der Waals surface area contributed by atoms with E-state index < -0.39 is 10.0 Å². The first-order valence-corrected chi connectivity index (χ1v) is 11.3. The van der Waals surface area contributed by atoms with Crippen LogP contribution in [-0.4, -0.2) is 48.9 Å². The Kier molecular flexibility index (Phi) is 4.48. The molecule has 1 aliphatic heterocycles. The van der Waals surface area contributed by atoms with E-state index in [-0.39, 0.29) is 0 Å². The number of aromatic nitrogens is 2. The van der Waals surface area contributed by atoms with Gasteiger partial charge in [0.2, 0.25) is 10.0 Å². The molecule has 0 unspecified atom stereocenters. The van der Waals surface area contributed by atoms with Gasteiger partial charge < -0.3 is 9.32 Å². The van der Waals surface area contributed by atoms with Crippen LogP contribution in [0.25, 0.3) is 22.1 Å². The number of sulfonamides is 1. The van der Waals surface area contributed by atoms with E-state index in [1.165, 1.54) is 0 Å². The Morgan fingerprint density at radius 2 is 1.73 bits per heavy atom. The fraction of sp³-hybridized carbons (Fsp3) is 0.273. The number of fused-ring (bicyclic) bond motifs is 3. The molecule has 0 spiro atoms. The highest BCUT2D eigenvalue weighted by atomic mass is 32.2. The van der Waals surface area contributed by atoms with Gasteiger partial charge in [0.15, 0.2) is 11.4 Å². The number of aryl methyl sites for hydroxylation is 2. The molecule has 1 saturated heterocycles. The molecule has 0 radical (unpaired) electrons. The average Bonchev–Trinajstić information content (AvgIpc) is 3.12. The molecule has 4 aromatic rings. The molecule has 0 saturated carbocycles. The lowest BCUT2D eigenvalue weighted by Gasteiger charge is -2.34. The molecular formula is C22H22N4O3S. The zero-order chi connectivity index (χ0) is 20.9. The summed E-state index contributed by atoms with van der Waals surface area (Å²) < 4.78 is 33.9. The first kappa shape index (κ1) is 19.0. The van der Waals surface area contributed by atoms with Crippen molar-refractivity contribution in [3.63, 3.8) is 0 Å². The molecule has 154 valence electrons. The standard InChI is InChI=1S/C22H22N4O3S/c1-15-7-8-19(16(2)13-15)30(27,28)26-11-9-25(10-12-26)22-21-20(23-14-24-22)17-5-3-4-6-18(17)29-21/h3-8,13-14H,9-12H2,1-2H3. The van der Waals surface area contributed by atoms with Gasteiger partial charge in [0, 0.05) is 31.6 Å². The molecule has 0 amide bonds. The minimum Gasteiger partial charge on any atom is -0.450 e. The number of anilines is 1. The second kappa shape index (κ2) is 7.07. The van der Waals surface area contributed by atoms with Crippen molar-refractivity contribution in [3.05, 3.63) is 59.9 Å². The van der Waals surface area contributed by atoms with Gasteiger partial charge in [0.1, 0.15) is 17.4 Å². The maximum Gasteiger partial charge on any atom is 0.243 e. The van der Waals surface area contributed by atoms with Gasteiger partial charge >= 0.3 is 0 Å². The van der Waals surface area contributed by atoms with Crippen LogP contribution in [0, 0.1) is 13.8 Å². The summed E-state index contributed by atoms with van der Waals surface area (Å²) >= 11 is 0. The van der Waals surface area contributed by atoms with Crippen LogP contribution in [-0.2, 0) is 10.0 Å². The maximum absolute atomic E-state index is 13.2. The number of nitrogens with zero attached hydrogens (tertiary/aromatic N) is 4. The van der Waals surface area contributed by atoms with Crippen LogP contribution in [0.1, 0.15) is 11.1 Å². The maximum atomic E-state index is 13.2. The van der Waals surface area contributed by atoms with E-state index in [9.17, 15) is 8.42 Å². The normalized spacial score (nSPS) is 15.9. The minimum absolute atomic E-state index is 0.378. The van der Waals surface area contributed by atoms with E-state index >= 15 is 0 Å². The highest BCUT2D eigenvalue weighted by molar-refractivity contribution is 7.89. The Morgan fingerprint density at radius 1 is 0.967 bits per heavy atom. The summed E-state index contributed by atoms with van der Waals surface area (Å²) in [6.45, 7) is 5.65. The third-order valence-corrected chi connectivity index (χ3v) is 7.68. The molecule has 30 heavy (non-hydrogen) atoms. The van der Waals surface area contributed by atoms with E-state index in [1.807, 2.05) is 50.2 Å². The van der Waals surface area contributed by atoms with E-state index in [0.29, 0.717) is 42.5 Å². The third-order valence-electron chi connectivity index (χ3n) is 5.63. The molecule has 0 N–H and O–H groups in total. The zero-order valence-electron chi connectivity index (χ0n) is 16.9. The van der Waals surface area contributed by atoms with Gasteiger partial charge in [-0.05, 0) is 37.6 Å². The summed E-state index contributed by atoms with van der Waals surface area (Å²) in [5, 5.41) is 0.951. The summed E-state index contributed by atoms with van der Waals surface area (Å²) in [6.07, 6.45) is 1.54. The van der Waals surface area contributed by atoms with Crippen LogP contribution >= 0.6 is 0 Å². The number of hydrogen-bond acceptors (Lipinski definition) is 6. The Labute approximate surface area is 175 Å². The van der Waals surface area contributed by atoms with E-state index in [0.717, 1.165) is 27.6 Å². The number of benzene rings is 2. The minimum atomic E-state index is -3.53. The van der Waals surface area contributed by atoms with Crippen molar-refractivity contribution in [2.45, 2.75) is 18.7 Å². The highest BCUT2D eigenvalue weighted by Crippen LogP contribution is 2.33. The summed E-state index contributed by atoms with van der Waals surface area (Å²) in [5.41, 5.74) is 4.02. The van der Waals surface area contributed by atoms with Gasteiger partial charge in [-0.15, -0.1) is 0 Å². The quantitative estimate of drug-likeness (QED) is 0.503. The monoisotopic (exact) mass is 422 g/mol. The number of rotatable bonds is 3. The van der Waals surface area contributed by atoms with Crippen LogP contribution in [0.15, 0.2) is 58.1 Å². The largest absolute Gasteiger partial charge is 0.450 e. The van der Waals surface area contributed by atoms with Gasteiger partial charge in [0.25, 0.3) is 0 Å². The zero-order valence-corrected chi connectivity index (χ0v) is 17.7. The van der Waals surface area contributed by atoms with E-state index in [1.54, 1.807) is 16.7 Å². The van der Waals surface area contributed by atoms with Gasteiger partial charge in [-0.3, -0.25) is 0 Å². The molecule has 7 nitrogen and oxygen atoms in total. The fourth-order valence-electron chi connectivity index (χ4n) is 4.10. The van der Waals surface area contributed by atoms with Crippen LogP contribution in [0.3, 0.4) is 0 Å². The van der Waals surface area contributed by atoms with Crippen LogP contribution < -0.4 is 4.90 Å². The van der Waals surface area contributed by atoms with Crippen molar-refractivity contribution in [2.24, 2.45) is 0 Å². The van der Waals surface area contributed by atoms with Crippen molar-refractivity contribution in [1.82, 2.24) is 14.3 Å². The van der Waals surface area contributed by atoms with Crippen LogP contribution in [0.5, 0.6) is 0 Å². The molecule has 0 aliphatic carbocycles. The number of furan rings is 1. The molecule has 0 atom stereocenters. The Hall–Kier alpha value is -2.97. The predicted molar refractivity (Wildman–Crippen MR) is 116 cm³/mol. The average molecular weight is 423 g/mol. The second-order valence-corrected chi connectivity index (χ2v) is 9.54. The molecule has 2 aromatic carbocycles. The topological polar surface area (TPSA) is 79.5 Å². The molecule has 1 fully saturated rings. The lowest BCUT2D eigenvalue weighted by atomic mass is 10.2. The van der Waals surface area contributed by atoms with Crippen molar-refractivity contribution in [1.29, 1.82) is 0 Å². The predicted octanol–water partition coefficient (Wildman–Crippen LogP) is 3.50. The van der Waals surface area contributed by atoms with Gasteiger partial charge in [-0.1, -0.05) is 29.8 Å². The molecule has 8 heteroatoms. The molecule has 1 aliphatic rings. The van der Waals surface area contributed by atoms with Crippen LogP contribution in [0.2, 0.25) is 0 Å². The summed E-state index contributed by atoms with van der Waals surface area (Å²) in [5.74, 6) is 0.708. The molecule has 0 bridgehead atoms. The van der Waals surface area contributed by atoms with Crippen LogP contribution in [0.4, 0.5) is 5.82 Å². The number of hydrogen-bond donors (Lipinski definition) is 0. The SMILES string of the molecule is Cc1ccc(S(=O)(=O)N2CCN(c3ncnc4c3oc3ccccc34)CC2)c(C)c1. The van der Waals surface area contributed by atoms with Crippen molar-refractivity contribution in [2.75, 3.05) is 31.1 Å². The smallest absolute Gasteiger partial charge is 0.243 e. The second-order valence-electron chi connectivity index (χ2n) is 7.63. The Morgan fingerprint density at radius 3 is 2.50 bits per heavy atom. The van der Waals surface area contributed by atoms with E-state index in [2.05, 4.69) is 14.9 Å². The summed E-state index contributed by atoms with van der Waals surface area (Å²) in [6, 6.07) is 13.2. The van der Waals surface area contributed by atoms with Gasteiger partial charge in [0.05, 0.1) is 4.90 Å². The van der Waals surface area contributed by atoms with E-state index in [4.69, 9.17) is 4.42 Å². The first-order chi connectivity index (χ1) is 14.4. The molecule has 3 heterocycles. The Bertz CT molecular complexity index is 1360. The number of para-hydroxylation sites is 1.